The molecule has 22 heavy (non-hydrogen) atoms. The van der Waals surface area contributed by atoms with Crippen molar-refractivity contribution in [3.05, 3.63) is 89.3 Å². The minimum absolute atomic E-state index is 0.0999. The van der Waals surface area contributed by atoms with Crippen molar-refractivity contribution in [1.82, 2.24) is 10.5 Å². The van der Waals surface area contributed by atoms with Gasteiger partial charge in [0.05, 0.1) is 12.1 Å². The van der Waals surface area contributed by atoms with Gasteiger partial charge in [0, 0.05) is 6.07 Å². The number of hydrogen-bond donors (Lipinski definition) is 1. The monoisotopic (exact) mass is 292 g/mol. The van der Waals surface area contributed by atoms with Gasteiger partial charge >= 0.3 is 0 Å². The molecule has 0 saturated carbocycles. The average Bonchev–Trinajstić information content (AvgIpc) is 3.01. The highest BCUT2D eigenvalue weighted by atomic mass is 16.5. The Labute approximate surface area is 131 Å². The van der Waals surface area contributed by atoms with E-state index in [0.29, 0.717) is 0 Å². The molecule has 3 nitrogen and oxygen atoms in total. The number of nitrogens with zero attached hydrogens (tertiary/aromatic N) is 1. The minimum atomic E-state index is 0.0999. The molecule has 3 aromatic rings. The van der Waals surface area contributed by atoms with Gasteiger partial charge in [-0.05, 0) is 25.0 Å². The molecule has 0 saturated heterocycles. The number of aryl methyl sites for hydroxylation is 1. The van der Waals surface area contributed by atoms with Crippen molar-refractivity contribution in [2.45, 2.75) is 25.9 Å². The highest BCUT2D eigenvalue weighted by Gasteiger charge is 2.19. The van der Waals surface area contributed by atoms with Crippen molar-refractivity contribution in [3.63, 3.8) is 0 Å². The molecule has 2 aromatic carbocycles. The van der Waals surface area contributed by atoms with Crippen LogP contribution in [0.25, 0.3) is 0 Å². The molecule has 1 atom stereocenters. The summed E-state index contributed by atoms with van der Waals surface area (Å²) in [5, 5.41) is 7.78. The number of benzene rings is 2. The molecule has 0 aliphatic carbocycles. The molecule has 0 fully saturated rings. The Bertz CT molecular complexity index is 667. The highest BCUT2D eigenvalue weighted by Crippen LogP contribution is 2.25. The summed E-state index contributed by atoms with van der Waals surface area (Å²) in [5.41, 5.74) is 3.40. The lowest BCUT2D eigenvalue weighted by atomic mass is 9.97. The normalized spacial score (nSPS) is 12.5. The van der Waals surface area contributed by atoms with Gasteiger partial charge in [0.2, 0.25) is 0 Å². The third-order valence-corrected chi connectivity index (χ3v) is 3.77. The van der Waals surface area contributed by atoms with Crippen LogP contribution in [-0.4, -0.2) is 5.16 Å². The van der Waals surface area contributed by atoms with Crippen LogP contribution >= 0.6 is 0 Å². The number of aromatic nitrogens is 1. The molecular weight excluding hydrogens is 272 g/mol. The molecule has 0 aliphatic rings. The molecule has 0 spiro atoms. The summed E-state index contributed by atoms with van der Waals surface area (Å²) in [5.74, 6) is 0.833. The van der Waals surface area contributed by atoms with Crippen molar-refractivity contribution in [2.75, 3.05) is 0 Å². The van der Waals surface area contributed by atoms with E-state index in [2.05, 4.69) is 65.9 Å². The van der Waals surface area contributed by atoms with Crippen molar-refractivity contribution >= 4 is 0 Å². The molecule has 1 aromatic heterocycles. The summed E-state index contributed by atoms with van der Waals surface area (Å²) in [7, 11) is 0. The summed E-state index contributed by atoms with van der Waals surface area (Å²) < 4.78 is 5.19. The van der Waals surface area contributed by atoms with Crippen LogP contribution in [0.2, 0.25) is 0 Å². The molecule has 0 bridgehead atoms. The zero-order valence-corrected chi connectivity index (χ0v) is 12.9. The van der Waals surface area contributed by atoms with Gasteiger partial charge < -0.3 is 4.52 Å². The second-order valence-electron chi connectivity index (χ2n) is 5.51. The van der Waals surface area contributed by atoms with Gasteiger partial charge in [-0.25, -0.2) is 0 Å². The quantitative estimate of drug-likeness (QED) is 0.756. The van der Waals surface area contributed by atoms with Crippen LogP contribution < -0.4 is 5.32 Å². The Morgan fingerprint density at radius 3 is 1.91 bits per heavy atom. The molecule has 1 N–H and O–H groups in total. The van der Waals surface area contributed by atoms with Crippen LogP contribution in [0, 0.1) is 6.92 Å². The molecule has 3 heteroatoms. The first-order valence-electron chi connectivity index (χ1n) is 7.53. The molecule has 0 amide bonds. The molecule has 0 radical (unpaired) electrons. The van der Waals surface area contributed by atoms with Crippen molar-refractivity contribution in [3.8, 4) is 0 Å². The summed E-state index contributed by atoms with van der Waals surface area (Å²) in [6, 6.07) is 23.1. The van der Waals surface area contributed by atoms with Crippen LogP contribution in [0.1, 0.15) is 41.6 Å². The fraction of sp³-hybridized carbons (Fsp3) is 0.211. The lowest BCUT2D eigenvalue weighted by molar-refractivity contribution is 0.377. The van der Waals surface area contributed by atoms with Gasteiger partial charge in [-0.3, -0.25) is 5.32 Å². The molecule has 1 heterocycles. The second-order valence-corrected chi connectivity index (χ2v) is 5.51. The minimum Gasteiger partial charge on any atom is -0.361 e. The summed E-state index contributed by atoms with van der Waals surface area (Å²) in [6.45, 7) is 4.02. The zero-order chi connectivity index (χ0) is 15.4. The average molecular weight is 292 g/mol. The van der Waals surface area contributed by atoms with Gasteiger partial charge in [0.1, 0.15) is 11.5 Å². The first-order chi connectivity index (χ1) is 10.7. The second kappa shape index (κ2) is 6.58. The summed E-state index contributed by atoms with van der Waals surface area (Å²) in [4.78, 5) is 0. The summed E-state index contributed by atoms with van der Waals surface area (Å²) >= 11 is 0. The Morgan fingerprint density at radius 1 is 0.909 bits per heavy atom. The Balaban J connectivity index is 1.89. The highest BCUT2D eigenvalue weighted by molar-refractivity contribution is 5.32. The number of nitrogens with one attached hydrogen (secondary N) is 1. The fourth-order valence-electron chi connectivity index (χ4n) is 2.60. The van der Waals surface area contributed by atoms with Gasteiger partial charge in [-0.15, -0.1) is 0 Å². The van der Waals surface area contributed by atoms with E-state index >= 15 is 0 Å². The SMILES string of the molecule is Cc1cc(C(C)NC(c2ccccc2)c2ccccc2)no1. The van der Waals surface area contributed by atoms with Gasteiger partial charge in [0.25, 0.3) is 0 Å². The van der Waals surface area contributed by atoms with E-state index in [9.17, 15) is 0 Å². The fourth-order valence-corrected chi connectivity index (χ4v) is 2.60. The van der Waals surface area contributed by atoms with E-state index < -0.39 is 0 Å². The first kappa shape index (κ1) is 14.5. The Hall–Kier alpha value is -2.39. The van der Waals surface area contributed by atoms with Crippen LogP contribution in [0.3, 0.4) is 0 Å². The largest absolute Gasteiger partial charge is 0.361 e. The predicted octanol–water partition coefficient (Wildman–Crippen LogP) is 4.42. The predicted molar refractivity (Wildman–Crippen MR) is 87.5 cm³/mol. The van der Waals surface area contributed by atoms with Crippen molar-refractivity contribution in [1.29, 1.82) is 0 Å². The topological polar surface area (TPSA) is 38.1 Å². The smallest absolute Gasteiger partial charge is 0.133 e. The molecule has 0 aliphatic heterocycles. The van der Waals surface area contributed by atoms with Crippen LogP contribution in [0.15, 0.2) is 71.3 Å². The van der Waals surface area contributed by atoms with Crippen LogP contribution in [-0.2, 0) is 0 Å². The van der Waals surface area contributed by atoms with Crippen LogP contribution in [0.5, 0.6) is 0 Å². The Kier molecular flexibility index (Phi) is 4.35. The van der Waals surface area contributed by atoms with E-state index in [-0.39, 0.29) is 12.1 Å². The summed E-state index contributed by atoms with van der Waals surface area (Å²) in [6.07, 6.45) is 0. The molecule has 3 rings (SSSR count). The van der Waals surface area contributed by atoms with Crippen molar-refractivity contribution in [2.24, 2.45) is 0 Å². The number of hydrogen-bond acceptors (Lipinski definition) is 3. The molecule has 1 unspecified atom stereocenters. The zero-order valence-electron chi connectivity index (χ0n) is 12.9. The van der Waals surface area contributed by atoms with Gasteiger partial charge in [-0.2, -0.15) is 0 Å². The third kappa shape index (κ3) is 3.26. The third-order valence-electron chi connectivity index (χ3n) is 3.77. The van der Waals surface area contributed by atoms with E-state index in [1.54, 1.807) is 0 Å². The lowest BCUT2D eigenvalue weighted by Gasteiger charge is -2.23. The van der Waals surface area contributed by atoms with E-state index in [4.69, 9.17) is 4.52 Å². The molecular formula is C19H20N2O. The maximum Gasteiger partial charge on any atom is 0.133 e. The maximum absolute atomic E-state index is 5.19. The number of rotatable bonds is 5. The molecule has 112 valence electrons. The van der Waals surface area contributed by atoms with Crippen LogP contribution in [0.4, 0.5) is 0 Å². The van der Waals surface area contributed by atoms with Crippen molar-refractivity contribution < 1.29 is 4.52 Å². The first-order valence-corrected chi connectivity index (χ1v) is 7.53. The lowest BCUT2D eigenvalue weighted by Crippen LogP contribution is -2.25. The van der Waals surface area contributed by atoms with Gasteiger partial charge in [-0.1, -0.05) is 65.8 Å². The standard InChI is InChI=1S/C19H20N2O/c1-14-13-18(21-22-14)15(2)20-19(16-9-5-3-6-10-16)17-11-7-4-8-12-17/h3-13,15,19-20H,1-2H3. The Morgan fingerprint density at radius 2 is 1.45 bits per heavy atom. The maximum atomic E-state index is 5.19. The van der Waals surface area contributed by atoms with E-state index in [0.717, 1.165) is 11.5 Å². The van der Waals surface area contributed by atoms with E-state index in [1.165, 1.54) is 11.1 Å². The van der Waals surface area contributed by atoms with Gasteiger partial charge in [0.15, 0.2) is 0 Å². The van der Waals surface area contributed by atoms with E-state index in [1.807, 2.05) is 25.1 Å².